The molecule has 6 heteroatoms. The van der Waals surface area contributed by atoms with E-state index in [-0.39, 0.29) is 17.7 Å². The fraction of sp³-hybridized carbons (Fsp3) is 0.600. The third-order valence-corrected chi connectivity index (χ3v) is 5.02. The van der Waals surface area contributed by atoms with Crippen LogP contribution >= 0.6 is 11.3 Å². The van der Waals surface area contributed by atoms with Gasteiger partial charge in [-0.05, 0) is 37.4 Å². The first-order chi connectivity index (χ1) is 10.3. The third kappa shape index (κ3) is 3.27. The molecule has 2 saturated heterocycles. The van der Waals surface area contributed by atoms with Crippen molar-refractivity contribution in [2.24, 2.45) is 5.92 Å². The van der Waals surface area contributed by atoms with Crippen LogP contribution in [0, 0.1) is 5.92 Å². The first-order valence-corrected chi connectivity index (χ1v) is 8.51. The van der Waals surface area contributed by atoms with Crippen molar-refractivity contribution in [3.63, 3.8) is 0 Å². The molecule has 0 spiro atoms. The van der Waals surface area contributed by atoms with E-state index in [9.17, 15) is 9.59 Å². The average molecular weight is 307 g/mol. The zero-order valence-corrected chi connectivity index (χ0v) is 12.9. The van der Waals surface area contributed by atoms with E-state index in [2.05, 4.69) is 5.32 Å². The summed E-state index contributed by atoms with van der Waals surface area (Å²) < 4.78 is 0. The van der Waals surface area contributed by atoms with Crippen LogP contribution in [0.4, 0.5) is 0 Å². The molecule has 21 heavy (non-hydrogen) atoms. The highest BCUT2D eigenvalue weighted by molar-refractivity contribution is 7.08. The molecule has 5 nitrogen and oxygen atoms in total. The van der Waals surface area contributed by atoms with Crippen LogP contribution in [0.25, 0.3) is 0 Å². The third-order valence-electron chi connectivity index (χ3n) is 4.34. The van der Waals surface area contributed by atoms with Gasteiger partial charge in [0.1, 0.15) is 0 Å². The van der Waals surface area contributed by atoms with Crippen molar-refractivity contribution < 1.29 is 9.59 Å². The Kier molecular flexibility index (Phi) is 4.55. The molecule has 0 radical (unpaired) electrons. The van der Waals surface area contributed by atoms with Crippen LogP contribution < -0.4 is 5.32 Å². The second kappa shape index (κ2) is 6.58. The average Bonchev–Trinajstić information content (AvgIpc) is 3.09. The Morgan fingerprint density at radius 2 is 1.76 bits per heavy atom. The summed E-state index contributed by atoms with van der Waals surface area (Å²) in [5.74, 6) is 0.537. The summed E-state index contributed by atoms with van der Waals surface area (Å²) in [7, 11) is 0. The number of thiophene rings is 1. The molecule has 1 N–H and O–H groups in total. The van der Waals surface area contributed by atoms with Gasteiger partial charge in [0.05, 0.1) is 5.56 Å². The van der Waals surface area contributed by atoms with E-state index in [1.54, 1.807) is 0 Å². The predicted molar refractivity (Wildman–Crippen MR) is 82.4 cm³/mol. The molecule has 0 unspecified atom stereocenters. The quantitative estimate of drug-likeness (QED) is 0.888. The standard InChI is InChI=1S/C15H21N3O2S/c19-14(12-1-4-16-5-2-12)17-6-8-18(9-7-17)15(20)13-3-10-21-11-13/h3,10-12,16H,1-2,4-9H2. The number of piperazine rings is 1. The van der Waals surface area contributed by atoms with Crippen LogP contribution in [0.5, 0.6) is 0 Å². The molecule has 2 aliphatic heterocycles. The highest BCUT2D eigenvalue weighted by atomic mass is 32.1. The minimum atomic E-state index is 0.0882. The number of carbonyl (C=O) groups is 2. The van der Waals surface area contributed by atoms with Gasteiger partial charge < -0.3 is 15.1 Å². The van der Waals surface area contributed by atoms with E-state index in [0.717, 1.165) is 31.5 Å². The molecule has 3 rings (SSSR count). The summed E-state index contributed by atoms with van der Waals surface area (Å²) in [6.45, 7) is 4.49. The van der Waals surface area contributed by atoms with Crippen LogP contribution in [0.1, 0.15) is 23.2 Å². The van der Waals surface area contributed by atoms with Gasteiger partial charge in [-0.15, -0.1) is 0 Å². The normalized spacial score (nSPS) is 20.6. The molecule has 0 aliphatic carbocycles. The molecule has 2 amide bonds. The SMILES string of the molecule is O=C(c1ccsc1)N1CCN(C(=O)C2CCNCC2)CC1. The molecule has 0 aromatic carbocycles. The van der Waals surface area contributed by atoms with Crippen molar-refractivity contribution in [1.29, 1.82) is 0 Å². The van der Waals surface area contributed by atoms with Crippen molar-refractivity contribution in [2.45, 2.75) is 12.8 Å². The Balaban J connectivity index is 1.52. The maximum atomic E-state index is 12.5. The van der Waals surface area contributed by atoms with Gasteiger partial charge in [0.25, 0.3) is 5.91 Å². The monoisotopic (exact) mass is 307 g/mol. The molecular formula is C15H21N3O2S. The number of nitrogens with zero attached hydrogens (tertiary/aromatic N) is 2. The smallest absolute Gasteiger partial charge is 0.254 e. The van der Waals surface area contributed by atoms with Crippen molar-refractivity contribution in [1.82, 2.24) is 15.1 Å². The minimum absolute atomic E-state index is 0.0882. The van der Waals surface area contributed by atoms with E-state index in [4.69, 9.17) is 0 Å². The van der Waals surface area contributed by atoms with Gasteiger partial charge >= 0.3 is 0 Å². The van der Waals surface area contributed by atoms with E-state index in [1.165, 1.54) is 11.3 Å². The highest BCUT2D eigenvalue weighted by Crippen LogP contribution is 2.17. The molecule has 114 valence electrons. The second-order valence-corrected chi connectivity index (χ2v) is 6.43. The van der Waals surface area contributed by atoms with Crippen LogP contribution in [0.3, 0.4) is 0 Å². The molecule has 2 fully saturated rings. The summed E-state index contributed by atoms with van der Waals surface area (Å²) in [4.78, 5) is 28.5. The lowest BCUT2D eigenvalue weighted by Crippen LogP contribution is -2.52. The second-order valence-electron chi connectivity index (χ2n) is 5.65. The molecule has 0 saturated carbocycles. The van der Waals surface area contributed by atoms with Crippen molar-refractivity contribution in [3.05, 3.63) is 22.4 Å². The fourth-order valence-electron chi connectivity index (χ4n) is 3.03. The zero-order chi connectivity index (χ0) is 14.7. The largest absolute Gasteiger partial charge is 0.339 e. The van der Waals surface area contributed by atoms with E-state index in [0.29, 0.717) is 26.2 Å². The van der Waals surface area contributed by atoms with E-state index < -0.39 is 0 Å². The van der Waals surface area contributed by atoms with Crippen LogP contribution in [0.2, 0.25) is 0 Å². The summed E-state index contributed by atoms with van der Waals surface area (Å²) in [6, 6.07) is 1.86. The fourth-order valence-corrected chi connectivity index (χ4v) is 3.66. The van der Waals surface area contributed by atoms with Crippen LogP contribution in [-0.2, 0) is 4.79 Å². The Morgan fingerprint density at radius 1 is 1.10 bits per heavy atom. The molecule has 3 heterocycles. The first-order valence-electron chi connectivity index (χ1n) is 7.56. The number of nitrogens with one attached hydrogen (secondary N) is 1. The molecule has 0 atom stereocenters. The minimum Gasteiger partial charge on any atom is -0.339 e. The predicted octanol–water partition coefficient (Wildman–Crippen LogP) is 1.03. The summed E-state index contributed by atoms with van der Waals surface area (Å²) in [6.07, 6.45) is 1.87. The van der Waals surface area contributed by atoms with E-state index in [1.807, 2.05) is 26.6 Å². The number of amides is 2. The summed E-state index contributed by atoms with van der Waals surface area (Å²) in [5.41, 5.74) is 0.762. The van der Waals surface area contributed by atoms with Crippen molar-refractivity contribution in [2.75, 3.05) is 39.3 Å². The number of rotatable bonds is 2. The lowest BCUT2D eigenvalue weighted by Gasteiger charge is -2.37. The summed E-state index contributed by atoms with van der Waals surface area (Å²) in [5, 5.41) is 7.09. The maximum absolute atomic E-state index is 12.5. The maximum Gasteiger partial charge on any atom is 0.254 e. The number of carbonyl (C=O) groups excluding carboxylic acids is 2. The lowest BCUT2D eigenvalue weighted by molar-refractivity contribution is -0.137. The van der Waals surface area contributed by atoms with Gasteiger partial charge in [0, 0.05) is 37.5 Å². The van der Waals surface area contributed by atoms with Crippen LogP contribution in [-0.4, -0.2) is 60.9 Å². The zero-order valence-electron chi connectivity index (χ0n) is 12.1. The first kappa shape index (κ1) is 14.5. The molecule has 0 bridgehead atoms. The Hall–Kier alpha value is -1.40. The van der Waals surface area contributed by atoms with Gasteiger partial charge in [-0.25, -0.2) is 0 Å². The van der Waals surface area contributed by atoms with Gasteiger partial charge in [-0.1, -0.05) is 0 Å². The summed E-state index contributed by atoms with van der Waals surface area (Å²) >= 11 is 1.54. The number of hydrogen-bond acceptors (Lipinski definition) is 4. The lowest BCUT2D eigenvalue weighted by atomic mass is 9.96. The topological polar surface area (TPSA) is 52.7 Å². The van der Waals surface area contributed by atoms with Gasteiger partial charge in [0.15, 0.2) is 0 Å². The van der Waals surface area contributed by atoms with Crippen LogP contribution in [0.15, 0.2) is 16.8 Å². The number of piperidine rings is 1. The molecular weight excluding hydrogens is 286 g/mol. The van der Waals surface area contributed by atoms with Crippen molar-refractivity contribution >= 4 is 23.2 Å². The molecule has 1 aromatic rings. The number of hydrogen-bond donors (Lipinski definition) is 1. The van der Waals surface area contributed by atoms with Gasteiger partial charge in [-0.2, -0.15) is 11.3 Å². The van der Waals surface area contributed by atoms with Crippen molar-refractivity contribution in [3.8, 4) is 0 Å². The van der Waals surface area contributed by atoms with E-state index >= 15 is 0 Å². The van der Waals surface area contributed by atoms with Gasteiger partial charge in [0.2, 0.25) is 5.91 Å². The Bertz CT molecular complexity index is 489. The Labute approximate surface area is 128 Å². The van der Waals surface area contributed by atoms with Gasteiger partial charge in [-0.3, -0.25) is 9.59 Å². The Morgan fingerprint density at radius 3 is 2.38 bits per heavy atom. The molecule has 1 aromatic heterocycles. The highest BCUT2D eigenvalue weighted by Gasteiger charge is 2.29. The molecule has 2 aliphatic rings.